The highest BCUT2D eigenvalue weighted by Gasteiger charge is 2.09. The third kappa shape index (κ3) is 3.83. The summed E-state index contributed by atoms with van der Waals surface area (Å²) in [6.07, 6.45) is 2.43. The van der Waals surface area contributed by atoms with Crippen molar-refractivity contribution in [2.75, 3.05) is 12.4 Å². The summed E-state index contributed by atoms with van der Waals surface area (Å²) in [5, 5.41) is 3.76. The fourth-order valence-electron chi connectivity index (χ4n) is 1.80. The van der Waals surface area contributed by atoms with E-state index in [1.54, 1.807) is 0 Å². The number of halogens is 1. The first-order chi connectivity index (χ1) is 9.19. The third-order valence-corrected chi connectivity index (χ3v) is 2.95. The van der Waals surface area contributed by atoms with Crippen LogP contribution in [-0.2, 0) is 6.42 Å². The highest BCUT2D eigenvalue weighted by molar-refractivity contribution is 6.32. The van der Waals surface area contributed by atoms with Crippen molar-refractivity contribution in [1.29, 1.82) is 0 Å². The molecule has 1 heterocycles. The standard InChI is InChI=1S/C14H16ClN3O/c1-10(8-11-6-4-3-5-7-11)17-13-12(15)9-16-14(18-13)19-2/h3-7,9-10H,8H2,1-2H3,(H,16,17,18). The quantitative estimate of drug-likeness (QED) is 0.912. The molecule has 0 spiro atoms. The first-order valence-corrected chi connectivity index (χ1v) is 6.44. The summed E-state index contributed by atoms with van der Waals surface area (Å²) in [5.74, 6) is 0.594. The van der Waals surface area contributed by atoms with E-state index >= 15 is 0 Å². The van der Waals surface area contributed by atoms with Crippen molar-refractivity contribution in [3.8, 4) is 6.01 Å². The number of hydrogen-bond donors (Lipinski definition) is 1. The first-order valence-electron chi connectivity index (χ1n) is 6.06. The van der Waals surface area contributed by atoms with Crippen molar-refractivity contribution in [1.82, 2.24) is 9.97 Å². The number of anilines is 1. The zero-order valence-electron chi connectivity index (χ0n) is 10.9. The molecule has 1 aromatic carbocycles. The lowest BCUT2D eigenvalue weighted by Crippen LogP contribution is -2.19. The van der Waals surface area contributed by atoms with Gasteiger partial charge in [-0.1, -0.05) is 41.9 Å². The van der Waals surface area contributed by atoms with Crippen LogP contribution in [0.2, 0.25) is 5.02 Å². The summed E-state index contributed by atoms with van der Waals surface area (Å²) in [4.78, 5) is 8.14. The molecule has 0 bridgehead atoms. The van der Waals surface area contributed by atoms with Crippen LogP contribution < -0.4 is 10.1 Å². The summed E-state index contributed by atoms with van der Waals surface area (Å²) in [7, 11) is 1.53. The lowest BCUT2D eigenvalue weighted by atomic mass is 10.1. The maximum absolute atomic E-state index is 6.06. The normalized spacial score (nSPS) is 11.9. The van der Waals surface area contributed by atoms with E-state index in [9.17, 15) is 0 Å². The SMILES string of the molecule is COc1ncc(Cl)c(NC(C)Cc2ccccc2)n1. The number of ether oxygens (including phenoxy) is 1. The van der Waals surface area contributed by atoms with Gasteiger partial charge >= 0.3 is 6.01 Å². The van der Waals surface area contributed by atoms with Crippen LogP contribution >= 0.6 is 11.6 Å². The second-order valence-corrected chi connectivity index (χ2v) is 4.70. The highest BCUT2D eigenvalue weighted by atomic mass is 35.5. The van der Waals surface area contributed by atoms with E-state index in [1.807, 2.05) is 18.2 Å². The molecule has 0 fully saturated rings. The molecule has 1 atom stereocenters. The van der Waals surface area contributed by atoms with Gasteiger partial charge in [-0.3, -0.25) is 0 Å². The zero-order valence-corrected chi connectivity index (χ0v) is 11.7. The fourth-order valence-corrected chi connectivity index (χ4v) is 1.95. The zero-order chi connectivity index (χ0) is 13.7. The first kappa shape index (κ1) is 13.6. The van der Waals surface area contributed by atoms with Crippen molar-refractivity contribution < 1.29 is 4.74 Å². The largest absolute Gasteiger partial charge is 0.467 e. The molecule has 4 nitrogen and oxygen atoms in total. The van der Waals surface area contributed by atoms with E-state index in [0.717, 1.165) is 6.42 Å². The Bertz CT molecular complexity index is 533. The van der Waals surface area contributed by atoms with Crippen LogP contribution in [0.5, 0.6) is 6.01 Å². The Labute approximate surface area is 117 Å². The monoisotopic (exact) mass is 277 g/mol. The molecule has 0 saturated heterocycles. The molecule has 0 amide bonds. The Morgan fingerprint density at radius 1 is 1.32 bits per heavy atom. The summed E-state index contributed by atoms with van der Waals surface area (Å²) < 4.78 is 4.99. The number of methoxy groups -OCH3 is 1. The van der Waals surface area contributed by atoms with Crippen LogP contribution in [0.4, 0.5) is 5.82 Å². The van der Waals surface area contributed by atoms with Gasteiger partial charge in [0.15, 0.2) is 5.82 Å². The molecule has 2 rings (SSSR count). The summed E-state index contributed by atoms with van der Waals surface area (Å²) in [6, 6.07) is 10.8. The summed E-state index contributed by atoms with van der Waals surface area (Å²) >= 11 is 6.06. The molecule has 100 valence electrons. The molecule has 0 radical (unpaired) electrons. The second kappa shape index (κ2) is 6.38. The lowest BCUT2D eigenvalue weighted by molar-refractivity contribution is 0.380. The molecule has 1 unspecified atom stereocenters. The maximum Gasteiger partial charge on any atom is 0.318 e. The van der Waals surface area contributed by atoms with Crippen LogP contribution in [0.1, 0.15) is 12.5 Å². The summed E-state index contributed by atoms with van der Waals surface area (Å²) in [6.45, 7) is 2.08. The average molecular weight is 278 g/mol. The Morgan fingerprint density at radius 3 is 2.74 bits per heavy atom. The second-order valence-electron chi connectivity index (χ2n) is 4.29. The van der Waals surface area contributed by atoms with Crippen LogP contribution in [-0.4, -0.2) is 23.1 Å². The van der Waals surface area contributed by atoms with Crippen LogP contribution in [0.3, 0.4) is 0 Å². The molecule has 0 aliphatic heterocycles. The number of aromatic nitrogens is 2. The topological polar surface area (TPSA) is 47.0 Å². The highest BCUT2D eigenvalue weighted by Crippen LogP contribution is 2.21. The molecule has 1 aromatic heterocycles. The number of nitrogens with one attached hydrogen (secondary N) is 1. The van der Waals surface area contributed by atoms with Gasteiger partial charge in [-0.2, -0.15) is 4.98 Å². The van der Waals surface area contributed by atoms with Gasteiger partial charge in [-0.25, -0.2) is 4.98 Å². The Morgan fingerprint density at radius 2 is 2.05 bits per heavy atom. The maximum atomic E-state index is 6.06. The van der Waals surface area contributed by atoms with E-state index in [0.29, 0.717) is 16.9 Å². The van der Waals surface area contributed by atoms with Gasteiger partial charge in [0.1, 0.15) is 5.02 Å². The Kier molecular flexibility index (Phi) is 4.58. The Hall–Kier alpha value is -1.81. The summed E-state index contributed by atoms with van der Waals surface area (Å²) in [5.41, 5.74) is 1.26. The molecule has 0 saturated carbocycles. The van der Waals surface area contributed by atoms with Gasteiger partial charge in [0.2, 0.25) is 0 Å². The van der Waals surface area contributed by atoms with Gasteiger partial charge in [-0.05, 0) is 18.9 Å². The lowest BCUT2D eigenvalue weighted by Gasteiger charge is -2.15. The molecule has 2 aromatic rings. The fraction of sp³-hybridized carbons (Fsp3) is 0.286. The number of hydrogen-bond acceptors (Lipinski definition) is 4. The Balaban J connectivity index is 2.04. The molecule has 19 heavy (non-hydrogen) atoms. The van der Waals surface area contributed by atoms with Gasteiger partial charge < -0.3 is 10.1 Å². The van der Waals surface area contributed by atoms with Gasteiger partial charge in [-0.15, -0.1) is 0 Å². The van der Waals surface area contributed by atoms with Crippen molar-refractivity contribution in [2.45, 2.75) is 19.4 Å². The number of rotatable bonds is 5. The van der Waals surface area contributed by atoms with E-state index in [1.165, 1.54) is 18.9 Å². The van der Waals surface area contributed by atoms with Crippen LogP contribution in [0.15, 0.2) is 36.5 Å². The van der Waals surface area contributed by atoms with E-state index < -0.39 is 0 Å². The molecule has 0 aliphatic carbocycles. The van der Waals surface area contributed by atoms with Crippen LogP contribution in [0.25, 0.3) is 0 Å². The predicted molar refractivity (Wildman–Crippen MR) is 76.8 cm³/mol. The van der Waals surface area contributed by atoms with Crippen molar-refractivity contribution in [3.05, 3.63) is 47.1 Å². The van der Waals surface area contributed by atoms with Crippen LogP contribution in [0, 0.1) is 0 Å². The van der Waals surface area contributed by atoms with Gasteiger partial charge in [0, 0.05) is 6.04 Å². The molecule has 1 N–H and O–H groups in total. The average Bonchev–Trinajstić information content (AvgIpc) is 2.42. The molecular weight excluding hydrogens is 262 g/mol. The smallest absolute Gasteiger partial charge is 0.318 e. The molecular formula is C14H16ClN3O. The van der Waals surface area contributed by atoms with Crippen molar-refractivity contribution >= 4 is 17.4 Å². The number of benzene rings is 1. The van der Waals surface area contributed by atoms with Crippen molar-refractivity contribution in [2.24, 2.45) is 0 Å². The van der Waals surface area contributed by atoms with E-state index in [-0.39, 0.29) is 6.04 Å². The minimum absolute atomic E-state index is 0.208. The van der Waals surface area contributed by atoms with Gasteiger partial charge in [0.05, 0.1) is 13.3 Å². The van der Waals surface area contributed by atoms with Crippen molar-refractivity contribution in [3.63, 3.8) is 0 Å². The minimum atomic E-state index is 0.208. The molecule has 5 heteroatoms. The number of nitrogens with zero attached hydrogens (tertiary/aromatic N) is 2. The minimum Gasteiger partial charge on any atom is -0.467 e. The third-order valence-electron chi connectivity index (χ3n) is 2.67. The van der Waals surface area contributed by atoms with Gasteiger partial charge in [0.25, 0.3) is 0 Å². The molecule has 0 aliphatic rings. The van der Waals surface area contributed by atoms with E-state index in [2.05, 4.69) is 34.3 Å². The predicted octanol–water partition coefficient (Wildman–Crippen LogP) is 3.18. The van der Waals surface area contributed by atoms with E-state index in [4.69, 9.17) is 16.3 Å².